The summed E-state index contributed by atoms with van der Waals surface area (Å²) in [6.07, 6.45) is -0.504. The molecule has 1 amide bonds. The SMILES string of the molecule is Cc1cc(C)c(C)c(C(=O)N[C@@H]2CNC[C@H]2O)c1C. The number of benzene rings is 1. The van der Waals surface area contributed by atoms with Crippen molar-refractivity contribution in [2.75, 3.05) is 13.1 Å². The van der Waals surface area contributed by atoms with E-state index in [1.165, 1.54) is 0 Å². The molecule has 104 valence electrons. The molecule has 0 saturated carbocycles. The van der Waals surface area contributed by atoms with Crippen LogP contribution >= 0.6 is 0 Å². The normalized spacial score (nSPS) is 22.6. The van der Waals surface area contributed by atoms with Gasteiger partial charge in [0.15, 0.2) is 0 Å². The van der Waals surface area contributed by atoms with Crippen LogP contribution in [0.3, 0.4) is 0 Å². The average molecular weight is 262 g/mol. The lowest BCUT2D eigenvalue weighted by Gasteiger charge is -2.19. The summed E-state index contributed by atoms with van der Waals surface area (Å²) in [4.78, 5) is 12.4. The summed E-state index contributed by atoms with van der Waals surface area (Å²) in [6.45, 7) is 9.14. The molecular weight excluding hydrogens is 240 g/mol. The molecule has 2 atom stereocenters. The largest absolute Gasteiger partial charge is 0.390 e. The van der Waals surface area contributed by atoms with Crippen molar-refractivity contribution < 1.29 is 9.90 Å². The fourth-order valence-electron chi connectivity index (χ4n) is 2.61. The highest BCUT2D eigenvalue weighted by Gasteiger charge is 2.27. The van der Waals surface area contributed by atoms with Crippen molar-refractivity contribution in [3.63, 3.8) is 0 Å². The third-order valence-electron chi connectivity index (χ3n) is 4.09. The van der Waals surface area contributed by atoms with Crippen LogP contribution in [0.1, 0.15) is 32.6 Å². The summed E-state index contributed by atoms with van der Waals surface area (Å²) in [6, 6.07) is 1.90. The van der Waals surface area contributed by atoms with E-state index in [9.17, 15) is 9.90 Å². The van der Waals surface area contributed by atoms with Gasteiger partial charge in [-0.05, 0) is 49.9 Å². The lowest BCUT2D eigenvalue weighted by Crippen LogP contribution is -2.43. The van der Waals surface area contributed by atoms with Crippen LogP contribution in [0, 0.1) is 27.7 Å². The first kappa shape index (κ1) is 14.0. The molecule has 0 aliphatic carbocycles. The minimum absolute atomic E-state index is 0.0884. The smallest absolute Gasteiger partial charge is 0.252 e. The van der Waals surface area contributed by atoms with Gasteiger partial charge in [-0.1, -0.05) is 6.07 Å². The van der Waals surface area contributed by atoms with E-state index >= 15 is 0 Å². The van der Waals surface area contributed by atoms with E-state index < -0.39 is 6.10 Å². The Labute approximate surface area is 114 Å². The number of rotatable bonds is 2. The zero-order chi connectivity index (χ0) is 14.2. The minimum atomic E-state index is -0.504. The van der Waals surface area contributed by atoms with Gasteiger partial charge >= 0.3 is 0 Å². The zero-order valence-electron chi connectivity index (χ0n) is 12.0. The molecule has 4 nitrogen and oxygen atoms in total. The predicted molar refractivity (Wildman–Crippen MR) is 75.5 cm³/mol. The van der Waals surface area contributed by atoms with Gasteiger partial charge in [-0.25, -0.2) is 0 Å². The van der Waals surface area contributed by atoms with Crippen molar-refractivity contribution in [3.8, 4) is 0 Å². The average Bonchev–Trinajstić information content (AvgIpc) is 2.73. The minimum Gasteiger partial charge on any atom is -0.390 e. The second kappa shape index (κ2) is 5.31. The van der Waals surface area contributed by atoms with Crippen LogP contribution in [0.25, 0.3) is 0 Å². The van der Waals surface area contributed by atoms with E-state index in [2.05, 4.69) is 16.7 Å². The van der Waals surface area contributed by atoms with Gasteiger partial charge in [-0.15, -0.1) is 0 Å². The highest BCUT2D eigenvalue weighted by Crippen LogP contribution is 2.21. The van der Waals surface area contributed by atoms with Crippen LogP contribution in [-0.4, -0.2) is 36.2 Å². The van der Waals surface area contributed by atoms with Gasteiger partial charge in [0, 0.05) is 18.7 Å². The second-order valence-electron chi connectivity index (χ2n) is 5.44. The first-order valence-electron chi connectivity index (χ1n) is 6.69. The number of hydrogen-bond acceptors (Lipinski definition) is 3. The van der Waals surface area contributed by atoms with E-state index in [4.69, 9.17) is 0 Å². The standard InChI is InChI=1S/C15H22N2O2/c1-8-5-9(2)11(4)14(10(8)3)15(19)17-12-6-16-7-13(12)18/h5,12-13,16,18H,6-7H2,1-4H3,(H,17,19)/t12-,13-/m1/s1. The first-order chi connectivity index (χ1) is 8.91. The molecule has 1 saturated heterocycles. The number of aliphatic hydroxyl groups excluding tert-OH is 1. The second-order valence-corrected chi connectivity index (χ2v) is 5.44. The van der Waals surface area contributed by atoms with Crippen LogP contribution in [0.15, 0.2) is 6.07 Å². The van der Waals surface area contributed by atoms with Gasteiger partial charge in [-0.3, -0.25) is 4.79 Å². The molecule has 19 heavy (non-hydrogen) atoms. The third kappa shape index (κ3) is 2.65. The fourth-order valence-corrected chi connectivity index (χ4v) is 2.61. The molecule has 0 unspecified atom stereocenters. The molecule has 1 heterocycles. The number of carbonyl (C=O) groups excluding carboxylic acids is 1. The molecule has 1 aliphatic rings. The first-order valence-corrected chi connectivity index (χ1v) is 6.69. The van der Waals surface area contributed by atoms with Crippen molar-refractivity contribution in [3.05, 3.63) is 33.9 Å². The van der Waals surface area contributed by atoms with Gasteiger partial charge < -0.3 is 15.7 Å². The lowest BCUT2D eigenvalue weighted by atomic mass is 9.93. The molecular formula is C15H22N2O2. The zero-order valence-corrected chi connectivity index (χ0v) is 12.0. The number of amides is 1. The van der Waals surface area contributed by atoms with Crippen molar-refractivity contribution in [2.45, 2.75) is 39.8 Å². The molecule has 3 N–H and O–H groups in total. The van der Waals surface area contributed by atoms with Crippen molar-refractivity contribution >= 4 is 5.91 Å². The quantitative estimate of drug-likeness (QED) is 0.744. The Bertz CT molecular complexity index is 485. The lowest BCUT2D eigenvalue weighted by molar-refractivity contribution is 0.0887. The number of carbonyl (C=O) groups is 1. The molecule has 1 aromatic carbocycles. The Kier molecular flexibility index (Phi) is 3.92. The fraction of sp³-hybridized carbons (Fsp3) is 0.533. The number of nitrogens with one attached hydrogen (secondary N) is 2. The van der Waals surface area contributed by atoms with Crippen LogP contribution in [-0.2, 0) is 0 Å². The van der Waals surface area contributed by atoms with Crippen molar-refractivity contribution in [1.82, 2.24) is 10.6 Å². The van der Waals surface area contributed by atoms with Crippen LogP contribution in [0.5, 0.6) is 0 Å². The monoisotopic (exact) mass is 262 g/mol. The van der Waals surface area contributed by atoms with Crippen molar-refractivity contribution in [2.24, 2.45) is 0 Å². The molecule has 0 bridgehead atoms. The topological polar surface area (TPSA) is 61.4 Å². The molecule has 1 aliphatic heterocycles. The van der Waals surface area contributed by atoms with E-state index in [1.54, 1.807) is 0 Å². The molecule has 0 radical (unpaired) electrons. The summed E-state index contributed by atoms with van der Waals surface area (Å²) in [5.74, 6) is -0.0884. The van der Waals surface area contributed by atoms with E-state index in [-0.39, 0.29) is 11.9 Å². The van der Waals surface area contributed by atoms with Gasteiger partial charge in [0.2, 0.25) is 0 Å². The van der Waals surface area contributed by atoms with Crippen LogP contribution in [0.2, 0.25) is 0 Å². The van der Waals surface area contributed by atoms with Gasteiger partial charge in [-0.2, -0.15) is 0 Å². The number of aryl methyl sites for hydroxylation is 2. The Hall–Kier alpha value is -1.39. The van der Waals surface area contributed by atoms with Gasteiger partial charge in [0.1, 0.15) is 0 Å². The number of aliphatic hydroxyl groups is 1. The van der Waals surface area contributed by atoms with Crippen LogP contribution < -0.4 is 10.6 Å². The predicted octanol–water partition coefficient (Wildman–Crippen LogP) is 0.983. The number of hydrogen-bond donors (Lipinski definition) is 3. The summed E-state index contributed by atoms with van der Waals surface area (Å²) in [7, 11) is 0. The maximum absolute atomic E-state index is 12.4. The molecule has 2 rings (SSSR count). The number of β-amino-alcohol motifs (C(OH)–C–C–N with tert-alkyl or cyclic N) is 1. The van der Waals surface area contributed by atoms with E-state index in [1.807, 2.05) is 27.7 Å². The molecule has 4 heteroatoms. The summed E-state index contributed by atoms with van der Waals surface area (Å²) in [5.41, 5.74) is 5.02. The molecule has 0 spiro atoms. The van der Waals surface area contributed by atoms with Crippen LogP contribution in [0.4, 0.5) is 0 Å². The molecule has 0 aromatic heterocycles. The Morgan fingerprint density at radius 3 is 2.26 bits per heavy atom. The Morgan fingerprint density at radius 1 is 1.21 bits per heavy atom. The van der Waals surface area contributed by atoms with E-state index in [0.29, 0.717) is 13.1 Å². The molecule has 1 fully saturated rings. The van der Waals surface area contributed by atoms with Gasteiger partial charge in [0.25, 0.3) is 5.91 Å². The third-order valence-corrected chi connectivity index (χ3v) is 4.09. The van der Waals surface area contributed by atoms with Gasteiger partial charge in [0.05, 0.1) is 12.1 Å². The highest BCUT2D eigenvalue weighted by molar-refractivity contribution is 5.98. The van der Waals surface area contributed by atoms with E-state index in [0.717, 1.165) is 27.8 Å². The van der Waals surface area contributed by atoms with Crippen molar-refractivity contribution in [1.29, 1.82) is 0 Å². The maximum Gasteiger partial charge on any atom is 0.252 e. The Balaban J connectivity index is 2.28. The molecule has 1 aromatic rings. The maximum atomic E-state index is 12.4. The summed E-state index contributed by atoms with van der Waals surface area (Å²) >= 11 is 0. The summed E-state index contributed by atoms with van der Waals surface area (Å²) < 4.78 is 0. The highest BCUT2D eigenvalue weighted by atomic mass is 16.3. The Morgan fingerprint density at radius 2 is 1.79 bits per heavy atom. The summed E-state index contributed by atoms with van der Waals surface area (Å²) in [5, 5.41) is 15.8.